The van der Waals surface area contributed by atoms with Crippen molar-refractivity contribution in [2.75, 3.05) is 19.8 Å². The quantitative estimate of drug-likeness (QED) is 0.872. The van der Waals surface area contributed by atoms with E-state index in [1.807, 2.05) is 11.3 Å². The summed E-state index contributed by atoms with van der Waals surface area (Å²) < 4.78 is 5.51. The molecule has 0 bridgehead atoms. The predicted molar refractivity (Wildman–Crippen MR) is 69.2 cm³/mol. The van der Waals surface area contributed by atoms with Crippen molar-refractivity contribution in [2.24, 2.45) is 0 Å². The fraction of sp³-hybridized carbons (Fsp3) is 0.692. The lowest BCUT2D eigenvalue weighted by molar-refractivity contribution is 0.0504. The molecule has 2 heterocycles. The Morgan fingerprint density at radius 3 is 2.75 bits per heavy atom. The summed E-state index contributed by atoms with van der Waals surface area (Å²) in [5.41, 5.74) is 0.316. The highest BCUT2D eigenvalue weighted by molar-refractivity contribution is 7.10. The van der Waals surface area contributed by atoms with Gasteiger partial charge in [0.05, 0.1) is 0 Å². The molecule has 0 saturated carbocycles. The summed E-state index contributed by atoms with van der Waals surface area (Å²) in [5.74, 6) is 0. The number of ether oxygens (including phenoxy) is 1. The number of hydrogen-bond donors (Lipinski definition) is 1. The Morgan fingerprint density at radius 1 is 1.44 bits per heavy atom. The fourth-order valence-electron chi connectivity index (χ4n) is 2.25. The molecule has 1 aromatic rings. The second kappa shape index (κ2) is 5.30. The molecule has 1 aliphatic rings. The molecule has 1 aliphatic heterocycles. The molecule has 0 atom stereocenters. The minimum atomic E-state index is 0.316. The normalized spacial score (nSPS) is 20.2. The molecule has 2 nitrogen and oxygen atoms in total. The van der Waals surface area contributed by atoms with Crippen LogP contribution in [0, 0.1) is 0 Å². The highest BCUT2D eigenvalue weighted by Gasteiger charge is 2.35. The van der Waals surface area contributed by atoms with Crippen LogP contribution in [0.2, 0.25) is 0 Å². The molecule has 0 aliphatic carbocycles. The third kappa shape index (κ3) is 2.65. The maximum absolute atomic E-state index is 5.51. The van der Waals surface area contributed by atoms with Gasteiger partial charge in [-0.2, -0.15) is 0 Å². The Hall–Kier alpha value is -0.380. The summed E-state index contributed by atoms with van der Waals surface area (Å²) in [4.78, 5) is 1.52. The van der Waals surface area contributed by atoms with Crippen LogP contribution in [0.4, 0.5) is 0 Å². The Morgan fingerprint density at radius 2 is 2.19 bits per heavy atom. The summed E-state index contributed by atoms with van der Waals surface area (Å²) >= 11 is 1.88. The largest absolute Gasteiger partial charge is 0.381 e. The van der Waals surface area contributed by atoms with Crippen LogP contribution in [0.5, 0.6) is 0 Å². The molecule has 1 N–H and O–H groups in total. The molecule has 1 fully saturated rings. The Balaban J connectivity index is 2.12. The van der Waals surface area contributed by atoms with Crippen molar-refractivity contribution in [2.45, 2.75) is 38.1 Å². The number of hydrogen-bond acceptors (Lipinski definition) is 3. The monoisotopic (exact) mass is 239 g/mol. The maximum atomic E-state index is 5.51. The Bertz CT molecular complexity index is 302. The highest BCUT2D eigenvalue weighted by Crippen LogP contribution is 2.36. The Kier molecular flexibility index (Phi) is 4.00. The second-order valence-electron chi connectivity index (χ2n) is 4.91. The van der Waals surface area contributed by atoms with E-state index < -0.39 is 0 Å². The van der Waals surface area contributed by atoms with Crippen molar-refractivity contribution in [3.63, 3.8) is 0 Å². The van der Waals surface area contributed by atoms with Gasteiger partial charge in [0.2, 0.25) is 0 Å². The molecule has 90 valence electrons. The van der Waals surface area contributed by atoms with E-state index in [2.05, 4.69) is 36.7 Å². The molecule has 2 rings (SSSR count). The number of rotatable bonds is 4. The minimum absolute atomic E-state index is 0.316. The van der Waals surface area contributed by atoms with E-state index in [1.54, 1.807) is 0 Å². The van der Waals surface area contributed by atoms with E-state index in [1.165, 1.54) is 4.88 Å². The van der Waals surface area contributed by atoms with Gasteiger partial charge in [-0.15, -0.1) is 11.3 Å². The first-order valence-electron chi connectivity index (χ1n) is 6.08. The standard InChI is InChI=1S/C13H21NOS/c1-11(2)14-10-13(5-7-15-8-6-13)12-4-3-9-16-12/h3-4,9,11,14H,5-8,10H2,1-2H3. The van der Waals surface area contributed by atoms with Gasteiger partial charge in [0.1, 0.15) is 0 Å². The molecule has 0 unspecified atom stereocenters. The highest BCUT2D eigenvalue weighted by atomic mass is 32.1. The second-order valence-corrected chi connectivity index (χ2v) is 5.85. The van der Waals surface area contributed by atoms with E-state index in [4.69, 9.17) is 4.74 Å². The van der Waals surface area contributed by atoms with Gasteiger partial charge >= 0.3 is 0 Å². The van der Waals surface area contributed by atoms with Crippen molar-refractivity contribution >= 4 is 11.3 Å². The van der Waals surface area contributed by atoms with Gasteiger partial charge in [0.25, 0.3) is 0 Å². The van der Waals surface area contributed by atoms with E-state index in [-0.39, 0.29) is 0 Å². The first-order chi connectivity index (χ1) is 7.73. The van der Waals surface area contributed by atoms with Gasteiger partial charge in [-0.1, -0.05) is 19.9 Å². The lowest BCUT2D eigenvalue weighted by Crippen LogP contribution is -2.44. The zero-order valence-corrected chi connectivity index (χ0v) is 11.0. The van der Waals surface area contributed by atoms with Crippen LogP contribution in [0.25, 0.3) is 0 Å². The lowest BCUT2D eigenvalue weighted by Gasteiger charge is -2.37. The van der Waals surface area contributed by atoms with Gasteiger partial charge in [0.15, 0.2) is 0 Å². The van der Waals surface area contributed by atoms with Gasteiger partial charge in [0, 0.05) is 36.1 Å². The molecule has 3 heteroatoms. The zero-order chi connectivity index (χ0) is 11.4. The fourth-order valence-corrected chi connectivity index (χ4v) is 3.24. The summed E-state index contributed by atoms with van der Waals surface area (Å²) in [7, 11) is 0. The molecule has 1 saturated heterocycles. The number of nitrogens with one attached hydrogen (secondary N) is 1. The summed E-state index contributed by atoms with van der Waals surface area (Å²) in [5, 5.41) is 5.78. The molecule has 0 aromatic carbocycles. The van der Waals surface area contributed by atoms with Crippen molar-refractivity contribution < 1.29 is 4.74 Å². The van der Waals surface area contributed by atoms with Crippen LogP contribution < -0.4 is 5.32 Å². The Labute approximate surface area is 102 Å². The summed E-state index contributed by atoms with van der Waals surface area (Å²) in [6.45, 7) is 7.30. The van der Waals surface area contributed by atoms with Crippen molar-refractivity contribution in [3.05, 3.63) is 22.4 Å². The topological polar surface area (TPSA) is 21.3 Å². The van der Waals surface area contributed by atoms with Crippen molar-refractivity contribution in [1.82, 2.24) is 5.32 Å². The van der Waals surface area contributed by atoms with Crippen molar-refractivity contribution in [1.29, 1.82) is 0 Å². The van der Waals surface area contributed by atoms with Crippen LogP contribution in [0.1, 0.15) is 31.6 Å². The molecule has 0 amide bonds. The molecule has 0 radical (unpaired) electrons. The SMILES string of the molecule is CC(C)NCC1(c2cccs2)CCOCC1. The average molecular weight is 239 g/mol. The third-order valence-electron chi connectivity index (χ3n) is 3.34. The van der Waals surface area contributed by atoms with E-state index >= 15 is 0 Å². The smallest absolute Gasteiger partial charge is 0.0475 e. The van der Waals surface area contributed by atoms with Crippen LogP contribution in [-0.2, 0) is 10.2 Å². The number of thiophene rings is 1. The van der Waals surface area contributed by atoms with Crippen LogP contribution in [-0.4, -0.2) is 25.8 Å². The summed E-state index contributed by atoms with van der Waals surface area (Å²) in [6.07, 6.45) is 2.29. The molecular weight excluding hydrogens is 218 g/mol. The van der Waals surface area contributed by atoms with E-state index in [9.17, 15) is 0 Å². The predicted octanol–water partition coefficient (Wildman–Crippen LogP) is 2.79. The van der Waals surface area contributed by atoms with Gasteiger partial charge in [-0.3, -0.25) is 0 Å². The average Bonchev–Trinajstić information content (AvgIpc) is 2.82. The van der Waals surface area contributed by atoms with Crippen molar-refractivity contribution in [3.8, 4) is 0 Å². The van der Waals surface area contributed by atoms with E-state index in [0.717, 1.165) is 32.6 Å². The lowest BCUT2D eigenvalue weighted by atomic mass is 9.78. The molecular formula is C13H21NOS. The third-order valence-corrected chi connectivity index (χ3v) is 4.46. The van der Waals surface area contributed by atoms with Crippen LogP contribution >= 0.6 is 11.3 Å². The first kappa shape index (κ1) is 12.1. The van der Waals surface area contributed by atoms with Gasteiger partial charge in [-0.25, -0.2) is 0 Å². The molecule has 0 spiro atoms. The first-order valence-corrected chi connectivity index (χ1v) is 6.96. The van der Waals surface area contributed by atoms with Crippen LogP contribution in [0.3, 0.4) is 0 Å². The van der Waals surface area contributed by atoms with Gasteiger partial charge in [-0.05, 0) is 24.3 Å². The minimum Gasteiger partial charge on any atom is -0.381 e. The van der Waals surface area contributed by atoms with E-state index in [0.29, 0.717) is 11.5 Å². The maximum Gasteiger partial charge on any atom is 0.0475 e. The molecule has 16 heavy (non-hydrogen) atoms. The van der Waals surface area contributed by atoms with Crippen LogP contribution in [0.15, 0.2) is 17.5 Å². The zero-order valence-electron chi connectivity index (χ0n) is 10.2. The molecule has 1 aromatic heterocycles. The summed E-state index contributed by atoms with van der Waals surface area (Å²) in [6, 6.07) is 4.99. The van der Waals surface area contributed by atoms with Gasteiger partial charge < -0.3 is 10.1 Å².